The van der Waals surface area contributed by atoms with Gasteiger partial charge in [0.05, 0.1) is 11.0 Å². The number of ether oxygens (including phenoxy) is 1. The van der Waals surface area contributed by atoms with Crippen LogP contribution in [0.25, 0.3) is 0 Å². The molecule has 1 heterocycles. The van der Waals surface area contributed by atoms with Crippen molar-refractivity contribution in [3.63, 3.8) is 0 Å². The number of hydrogen-bond acceptors (Lipinski definition) is 4. The number of benzene rings is 2. The Morgan fingerprint density at radius 1 is 1.00 bits per heavy atom. The van der Waals surface area contributed by atoms with Crippen LogP contribution in [0.4, 0.5) is 5.69 Å². The summed E-state index contributed by atoms with van der Waals surface area (Å²) in [6, 6.07) is 12.1. The van der Waals surface area contributed by atoms with E-state index in [0.29, 0.717) is 24.3 Å². The number of nitrogens with one attached hydrogen (secondary N) is 1. The maximum Gasteiger partial charge on any atom is 0.255 e. The monoisotopic (exact) mass is 428 g/mol. The molecule has 2 aromatic rings. The summed E-state index contributed by atoms with van der Waals surface area (Å²) in [4.78, 5) is 13.0. The van der Waals surface area contributed by atoms with E-state index in [0.717, 1.165) is 37.0 Å². The second-order valence-corrected chi connectivity index (χ2v) is 10.0. The zero-order valence-corrected chi connectivity index (χ0v) is 18.1. The normalized spacial score (nSPS) is 17.9. The first-order valence-electron chi connectivity index (χ1n) is 10.6. The van der Waals surface area contributed by atoms with Crippen molar-refractivity contribution in [1.82, 2.24) is 4.31 Å². The lowest BCUT2D eigenvalue weighted by molar-refractivity contribution is 0.102. The van der Waals surface area contributed by atoms with E-state index in [1.807, 2.05) is 24.3 Å². The van der Waals surface area contributed by atoms with Crippen LogP contribution < -0.4 is 10.1 Å². The zero-order chi connectivity index (χ0) is 21.1. The third-order valence-corrected chi connectivity index (χ3v) is 7.77. The van der Waals surface area contributed by atoms with Gasteiger partial charge in [0.15, 0.2) is 0 Å². The van der Waals surface area contributed by atoms with Crippen molar-refractivity contribution in [3.8, 4) is 5.75 Å². The van der Waals surface area contributed by atoms with Crippen LogP contribution >= 0.6 is 0 Å². The Bertz CT molecular complexity index is 1010. The summed E-state index contributed by atoms with van der Waals surface area (Å²) in [6.45, 7) is 2.87. The van der Waals surface area contributed by atoms with Gasteiger partial charge < -0.3 is 10.1 Å². The number of amides is 1. The predicted octanol–water partition coefficient (Wildman–Crippen LogP) is 4.35. The van der Waals surface area contributed by atoms with Crippen LogP contribution in [0.3, 0.4) is 0 Å². The molecule has 0 aromatic heterocycles. The molecule has 1 saturated heterocycles. The molecule has 0 unspecified atom stereocenters. The molecule has 1 N–H and O–H groups in total. The van der Waals surface area contributed by atoms with Crippen LogP contribution in [0.1, 0.15) is 54.4 Å². The van der Waals surface area contributed by atoms with Crippen LogP contribution in [0.15, 0.2) is 47.4 Å². The number of carbonyl (C=O) groups is 1. The summed E-state index contributed by atoms with van der Waals surface area (Å²) in [5.41, 5.74) is 1.74. The molecule has 1 aliphatic carbocycles. The Morgan fingerprint density at radius 2 is 1.67 bits per heavy atom. The molecule has 0 bridgehead atoms. The number of aryl methyl sites for hydroxylation is 1. The van der Waals surface area contributed by atoms with E-state index in [4.69, 9.17) is 4.74 Å². The molecule has 0 spiro atoms. The standard InChI is InChI=1S/C23H28N2O4S/c1-17-8-13-21(30(27,28)25-14-4-5-15-25)16-22(17)23(26)24-18-9-11-20(12-10-18)29-19-6-2-3-7-19/h8-13,16,19H,2-7,14-15H2,1H3,(H,24,26). The summed E-state index contributed by atoms with van der Waals surface area (Å²) >= 11 is 0. The minimum Gasteiger partial charge on any atom is -0.490 e. The van der Waals surface area contributed by atoms with Crippen molar-refractivity contribution in [1.29, 1.82) is 0 Å². The van der Waals surface area contributed by atoms with Gasteiger partial charge in [-0.15, -0.1) is 0 Å². The van der Waals surface area contributed by atoms with Crippen molar-refractivity contribution in [2.75, 3.05) is 18.4 Å². The van der Waals surface area contributed by atoms with E-state index in [9.17, 15) is 13.2 Å². The van der Waals surface area contributed by atoms with E-state index in [1.165, 1.54) is 23.2 Å². The Kier molecular flexibility index (Phi) is 6.11. The molecule has 30 heavy (non-hydrogen) atoms. The van der Waals surface area contributed by atoms with E-state index in [2.05, 4.69) is 5.32 Å². The Labute approximate surface area is 178 Å². The number of rotatable bonds is 6. The Morgan fingerprint density at radius 3 is 2.33 bits per heavy atom. The predicted molar refractivity (Wildman–Crippen MR) is 116 cm³/mol. The molecule has 4 rings (SSSR count). The first-order chi connectivity index (χ1) is 14.4. The molecule has 1 amide bonds. The number of anilines is 1. The van der Waals surface area contributed by atoms with Crippen LogP contribution in [-0.2, 0) is 10.0 Å². The third kappa shape index (κ3) is 4.52. The van der Waals surface area contributed by atoms with E-state index in [1.54, 1.807) is 19.1 Å². The van der Waals surface area contributed by atoms with E-state index >= 15 is 0 Å². The maximum absolute atomic E-state index is 12.8. The smallest absolute Gasteiger partial charge is 0.255 e. The lowest BCUT2D eigenvalue weighted by Crippen LogP contribution is -2.28. The highest BCUT2D eigenvalue weighted by atomic mass is 32.2. The molecule has 160 valence electrons. The summed E-state index contributed by atoms with van der Waals surface area (Å²) in [7, 11) is -3.56. The number of carbonyl (C=O) groups excluding carboxylic acids is 1. The Balaban J connectivity index is 1.47. The fourth-order valence-electron chi connectivity index (χ4n) is 4.10. The molecule has 7 heteroatoms. The van der Waals surface area contributed by atoms with E-state index < -0.39 is 10.0 Å². The molecular formula is C23H28N2O4S. The van der Waals surface area contributed by atoms with Crippen molar-refractivity contribution < 1.29 is 17.9 Å². The highest BCUT2D eigenvalue weighted by Gasteiger charge is 2.28. The minimum atomic E-state index is -3.56. The molecule has 2 aromatic carbocycles. The lowest BCUT2D eigenvalue weighted by Gasteiger charge is -2.17. The summed E-state index contributed by atoms with van der Waals surface area (Å²) in [5.74, 6) is 0.477. The van der Waals surface area contributed by atoms with Crippen molar-refractivity contribution in [2.24, 2.45) is 0 Å². The fraction of sp³-hybridized carbons (Fsp3) is 0.435. The average molecular weight is 429 g/mol. The molecule has 1 saturated carbocycles. The second kappa shape index (κ2) is 8.78. The maximum atomic E-state index is 12.8. The van der Waals surface area contributed by atoms with Crippen LogP contribution in [-0.4, -0.2) is 37.8 Å². The van der Waals surface area contributed by atoms with Crippen LogP contribution in [0.5, 0.6) is 5.75 Å². The quantitative estimate of drug-likeness (QED) is 0.742. The topological polar surface area (TPSA) is 75.7 Å². The number of nitrogens with zero attached hydrogens (tertiary/aromatic N) is 1. The molecule has 2 aliphatic rings. The van der Waals surface area contributed by atoms with Crippen LogP contribution in [0, 0.1) is 6.92 Å². The number of hydrogen-bond donors (Lipinski definition) is 1. The number of sulfonamides is 1. The third-order valence-electron chi connectivity index (χ3n) is 5.87. The Hall–Kier alpha value is -2.38. The highest BCUT2D eigenvalue weighted by molar-refractivity contribution is 7.89. The summed E-state index contributed by atoms with van der Waals surface area (Å²) in [5, 5.41) is 2.87. The molecule has 0 atom stereocenters. The van der Waals surface area contributed by atoms with Gasteiger partial charge in [0.2, 0.25) is 10.0 Å². The van der Waals surface area contributed by atoms with Gasteiger partial charge in [-0.1, -0.05) is 6.07 Å². The van der Waals surface area contributed by atoms with Crippen molar-refractivity contribution in [3.05, 3.63) is 53.6 Å². The molecule has 2 fully saturated rings. The van der Waals surface area contributed by atoms with Gasteiger partial charge in [0.1, 0.15) is 5.75 Å². The molecule has 0 radical (unpaired) electrons. The summed E-state index contributed by atoms with van der Waals surface area (Å²) < 4.78 is 33.1. The molecule has 1 aliphatic heterocycles. The first-order valence-corrected chi connectivity index (χ1v) is 12.1. The van der Waals surface area contributed by atoms with Crippen molar-refractivity contribution in [2.45, 2.75) is 56.4 Å². The SMILES string of the molecule is Cc1ccc(S(=O)(=O)N2CCCC2)cc1C(=O)Nc1ccc(OC2CCCC2)cc1. The first kappa shape index (κ1) is 20.9. The minimum absolute atomic E-state index is 0.167. The molecule has 6 nitrogen and oxygen atoms in total. The average Bonchev–Trinajstić information content (AvgIpc) is 3.44. The summed E-state index contributed by atoms with van der Waals surface area (Å²) in [6.07, 6.45) is 6.64. The second-order valence-electron chi connectivity index (χ2n) is 8.09. The van der Waals surface area contributed by atoms with Gasteiger partial charge in [0.25, 0.3) is 5.91 Å². The largest absolute Gasteiger partial charge is 0.490 e. The fourth-order valence-corrected chi connectivity index (χ4v) is 5.64. The van der Waals surface area contributed by atoms with Gasteiger partial charge >= 0.3 is 0 Å². The lowest BCUT2D eigenvalue weighted by atomic mass is 10.1. The van der Waals surface area contributed by atoms with Crippen molar-refractivity contribution >= 4 is 21.6 Å². The highest BCUT2D eigenvalue weighted by Crippen LogP contribution is 2.26. The van der Waals surface area contributed by atoms with Gasteiger partial charge in [-0.3, -0.25) is 4.79 Å². The van der Waals surface area contributed by atoms with Gasteiger partial charge in [0, 0.05) is 24.3 Å². The van der Waals surface area contributed by atoms with Crippen LogP contribution in [0.2, 0.25) is 0 Å². The van der Waals surface area contributed by atoms with Gasteiger partial charge in [-0.2, -0.15) is 4.31 Å². The van der Waals surface area contributed by atoms with E-state index in [-0.39, 0.29) is 16.9 Å². The van der Waals surface area contributed by atoms with Gasteiger partial charge in [-0.05, 0) is 87.4 Å². The van der Waals surface area contributed by atoms with Gasteiger partial charge in [-0.25, -0.2) is 8.42 Å². The zero-order valence-electron chi connectivity index (χ0n) is 17.3. The molecular weight excluding hydrogens is 400 g/mol.